The van der Waals surface area contributed by atoms with Crippen LogP contribution in [-0.2, 0) is 32.4 Å². The molecule has 6 nitrogen and oxygen atoms in total. The van der Waals surface area contributed by atoms with Crippen molar-refractivity contribution in [1.82, 2.24) is 10.2 Å². The van der Waals surface area contributed by atoms with Crippen LogP contribution in [0.1, 0.15) is 24.5 Å². The van der Waals surface area contributed by atoms with Crippen molar-refractivity contribution in [3.05, 3.63) is 35.4 Å². The summed E-state index contributed by atoms with van der Waals surface area (Å²) in [5, 5.41) is 2.81. The van der Waals surface area contributed by atoms with Gasteiger partial charge in [0.05, 0.1) is 11.5 Å². The summed E-state index contributed by atoms with van der Waals surface area (Å²) in [6, 6.07) is 6.83. The zero-order valence-electron chi connectivity index (χ0n) is 13.0. The van der Waals surface area contributed by atoms with Crippen LogP contribution in [0.4, 0.5) is 0 Å². The zero-order valence-corrected chi connectivity index (χ0v) is 13.8. The van der Waals surface area contributed by atoms with Gasteiger partial charge in [0.25, 0.3) is 0 Å². The van der Waals surface area contributed by atoms with Crippen LogP contribution in [0, 0.1) is 0 Å². The average Bonchev–Trinajstić information content (AvgIpc) is 2.84. The van der Waals surface area contributed by atoms with Crippen LogP contribution in [0.25, 0.3) is 0 Å². The number of rotatable bonds is 2. The van der Waals surface area contributed by atoms with Crippen LogP contribution < -0.4 is 5.32 Å². The third-order valence-corrected chi connectivity index (χ3v) is 6.30. The van der Waals surface area contributed by atoms with Gasteiger partial charge in [-0.3, -0.25) is 9.59 Å². The third kappa shape index (κ3) is 3.39. The van der Waals surface area contributed by atoms with Gasteiger partial charge in [-0.25, -0.2) is 8.42 Å². The number of amides is 2. The van der Waals surface area contributed by atoms with Crippen LogP contribution in [0.15, 0.2) is 24.3 Å². The van der Waals surface area contributed by atoms with Crippen molar-refractivity contribution in [3.8, 4) is 0 Å². The van der Waals surface area contributed by atoms with Crippen LogP contribution in [0.3, 0.4) is 0 Å². The molecule has 23 heavy (non-hydrogen) atoms. The molecule has 0 spiro atoms. The van der Waals surface area contributed by atoms with Crippen molar-refractivity contribution < 1.29 is 18.0 Å². The summed E-state index contributed by atoms with van der Waals surface area (Å²) in [5.74, 6) is -0.320. The van der Waals surface area contributed by atoms with E-state index in [4.69, 9.17) is 0 Å². The second kappa shape index (κ2) is 5.96. The molecule has 2 amide bonds. The van der Waals surface area contributed by atoms with Gasteiger partial charge >= 0.3 is 0 Å². The van der Waals surface area contributed by atoms with E-state index in [1.54, 1.807) is 4.90 Å². The lowest BCUT2D eigenvalue weighted by atomic mass is 9.93. The summed E-state index contributed by atoms with van der Waals surface area (Å²) in [7, 11) is -3.05. The Bertz CT molecular complexity index is 744. The number of sulfone groups is 1. The van der Waals surface area contributed by atoms with Crippen molar-refractivity contribution in [3.63, 3.8) is 0 Å². The molecule has 0 aromatic heterocycles. The lowest BCUT2D eigenvalue weighted by Crippen LogP contribution is -2.54. The fraction of sp³-hybridized carbons (Fsp3) is 0.500. The molecule has 1 aromatic rings. The molecule has 1 aromatic carbocycles. The Morgan fingerprint density at radius 2 is 1.91 bits per heavy atom. The first-order valence-corrected chi connectivity index (χ1v) is 9.52. The maximum absolute atomic E-state index is 12.6. The number of benzene rings is 1. The number of carbonyl (C=O) groups excluding carboxylic acids is 2. The molecule has 0 aliphatic carbocycles. The minimum absolute atomic E-state index is 0.0118. The van der Waals surface area contributed by atoms with Crippen molar-refractivity contribution in [2.45, 2.75) is 38.4 Å². The Kier molecular flexibility index (Phi) is 4.14. The molecule has 2 aliphatic heterocycles. The predicted molar refractivity (Wildman–Crippen MR) is 85.4 cm³/mol. The van der Waals surface area contributed by atoms with E-state index in [2.05, 4.69) is 5.32 Å². The van der Waals surface area contributed by atoms with Gasteiger partial charge < -0.3 is 10.2 Å². The summed E-state index contributed by atoms with van der Waals surface area (Å²) in [5.41, 5.74) is 2.11. The van der Waals surface area contributed by atoms with Crippen molar-refractivity contribution in [1.29, 1.82) is 0 Å². The van der Waals surface area contributed by atoms with Gasteiger partial charge in [-0.2, -0.15) is 0 Å². The lowest BCUT2D eigenvalue weighted by Gasteiger charge is -2.35. The Morgan fingerprint density at radius 3 is 2.52 bits per heavy atom. The van der Waals surface area contributed by atoms with E-state index in [0.717, 1.165) is 11.1 Å². The summed E-state index contributed by atoms with van der Waals surface area (Å²) in [6.07, 6.45) is 0.901. The standard InChI is InChI=1S/C16H20N2O4S/c1-11(19)18-9-13-5-3-2-4-12(13)8-15(18)16(20)17-14-6-7-23(21,22)10-14/h2-5,14-15H,6-10H2,1H3,(H,17,20)/t14?,15-/m0/s1. The monoisotopic (exact) mass is 336 g/mol. The molecule has 2 atom stereocenters. The van der Waals surface area contributed by atoms with Crippen molar-refractivity contribution in [2.24, 2.45) is 0 Å². The molecule has 2 heterocycles. The first kappa shape index (κ1) is 16.0. The highest BCUT2D eigenvalue weighted by atomic mass is 32.2. The first-order valence-electron chi connectivity index (χ1n) is 7.70. The van der Waals surface area contributed by atoms with Gasteiger partial charge in [0, 0.05) is 25.9 Å². The highest BCUT2D eigenvalue weighted by Gasteiger charge is 2.36. The van der Waals surface area contributed by atoms with Gasteiger partial charge in [-0.1, -0.05) is 24.3 Å². The summed E-state index contributed by atoms with van der Waals surface area (Å²) in [6.45, 7) is 1.86. The largest absolute Gasteiger partial charge is 0.351 e. The first-order chi connectivity index (χ1) is 10.9. The average molecular weight is 336 g/mol. The van der Waals surface area contributed by atoms with Gasteiger partial charge in [0.15, 0.2) is 9.84 Å². The van der Waals surface area contributed by atoms with Crippen molar-refractivity contribution in [2.75, 3.05) is 11.5 Å². The molecule has 1 unspecified atom stereocenters. The van der Waals surface area contributed by atoms with Gasteiger partial charge in [-0.15, -0.1) is 0 Å². The number of fused-ring (bicyclic) bond motifs is 1. The molecule has 0 radical (unpaired) electrons. The summed E-state index contributed by atoms with van der Waals surface area (Å²) in [4.78, 5) is 26.1. The Morgan fingerprint density at radius 1 is 1.22 bits per heavy atom. The highest BCUT2D eigenvalue weighted by molar-refractivity contribution is 7.91. The zero-order chi connectivity index (χ0) is 16.6. The summed E-state index contributed by atoms with van der Waals surface area (Å²) >= 11 is 0. The Hall–Kier alpha value is -1.89. The lowest BCUT2D eigenvalue weighted by molar-refractivity contribution is -0.140. The quantitative estimate of drug-likeness (QED) is 0.840. The van der Waals surface area contributed by atoms with E-state index >= 15 is 0 Å². The van der Waals surface area contributed by atoms with E-state index in [-0.39, 0.29) is 29.4 Å². The van der Waals surface area contributed by atoms with Gasteiger partial charge in [-0.05, 0) is 17.5 Å². The molecular weight excluding hydrogens is 316 g/mol. The predicted octanol–water partition coefficient (Wildman–Crippen LogP) is 0.263. The second-order valence-corrected chi connectivity index (χ2v) is 8.47. The van der Waals surface area contributed by atoms with Crippen LogP contribution in [0.2, 0.25) is 0 Å². The molecule has 124 valence electrons. The normalized spacial score (nSPS) is 25.7. The minimum Gasteiger partial charge on any atom is -0.351 e. The smallest absolute Gasteiger partial charge is 0.243 e. The van der Waals surface area contributed by atoms with Crippen LogP contribution in [-0.4, -0.2) is 48.7 Å². The molecule has 7 heteroatoms. The summed E-state index contributed by atoms with van der Waals surface area (Å²) < 4.78 is 23.0. The highest BCUT2D eigenvalue weighted by Crippen LogP contribution is 2.24. The maximum atomic E-state index is 12.6. The third-order valence-electron chi connectivity index (χ3n) is 4.53. The number of nitrogens with one attached hydrogen (secondary N) is 1. The number of hydrogen-bond acceptors (Lipinski definition) is 4. The Balaban J connectivity index is 1.77. The fourth-order valence-electron chi connectivity index (χ4n) is 3.29. The molecule has 0 saturated carbocycles. The second-order valence-electron chi connectivity index (χ2n) is 6.24. The van der Waals surface area contributed by atoms with E-state index in [0.29, 0.717) is 19.4 Å². The molecule has 3 rings (SSSR count). The number of hydrogen-bond donors (Lipinski definition) is 1. The van der Waals surface area contributed by atoms with Crippen LogP contribution in [0.5, 0.6) is 0 Å². The topological polar surface area (TPSA) is 83.6 Å². The molecule has 0 bridgehead atoms. The van der Waals surface area contributed by atoms with E-state index in [9.17, 15) is 18.0 Å². The SMILES string of the molecule is CC(=O)N1Cc2ccccc2C[C@H]1C(=O)NC1CCS(=O)(=O)C1. The van der Waals surface area contributed by atoms with Crippen LogP contribution >= 0.6 is 0 Å². The minimum atomic E-state index is -3.05. The van der Waals surface area contributed by atoms with E-state index < -0.39 is 15.9 Å². The molecule has 1 fully saturated rings. The van der Waals surface area contributed by atoms with Gasteiger partial charge in [0.1, 0.15) is 6.04 Å². The van der Waals surface area contributed by atoms with E-state index in [1.165, 1.54) is 6.92 Å². The van der Waals surface area contributed by atoms with E-state index in [1.807, 2.05) is 24.3 Å². The Labute approximate surface area is 135 Å². The molecule has 2 aliphatic rings. The van der Waals surface area contributed by atoms with Gasteiger partial charge in [0.2, 0.25) is 11.8 Å². The molecule has 1 N–H and O–H groups in total. The molecular formula is C16H20N2O4S. The van der Waals surface area contributed by atoms with Crippen molar-refractivity contribution >= 4 is 21.7 Å². The number of nitrogens with zero attached hydrogens (tertiary/aromatic N) is 1. The number of carbonyl (C=O) groups is 2. The molecule has 1 saturated heterocycles. The fourth-order valence-corrected chi connectivity index (χ4v) is 4.97. The maximum Gasteiger partial charge on any atom is 0.243 e.